The lowest BCUT2D eigenvalue weighted by Crippen LogP contribution is -2.23. The van der Waals surface area contributed by atoms with Crippen LogP contribution in [0.2, 0.25) is 0 Å². The highest BCUT2D eigenvalue weighted by atomic mass is 32.2. The predicted octanol–water partition coefficient (Wildman–Crippen LogP) is 1.30. The molecule has 1 fully saturated rings. The molecule has 1 aromatic rings. The highest BCUT2D eigenvalue weighted by Crippen LogP contribution is 2.25. The molecule has 18 heavy (non-hydrogen) atoms. The first-order chi connectivity index (χ1) is 8.65. The Morgan fingerprint density at radius 1 is 1.39 bits per heavy atom. The van der Waals surface area contributed by atoms with Gasteiger partial charge in [-0.1, -0.05) is 30.3 Å². The van der Waals surface area contributed by atoms with Crippen LogP contribution in [0.25, 0.3) is 6.08 Å². The minimum Gasteiger partial charge on any atom is -0.299 e. The molecule has 0 spiro atoms. The van der Waals surface area contributed by atoms with Crippen molar-refractivity contribution >= 4 is 34.8 Å². The summed E-state index contributed by atoms with van der Waals surface area (Å²) < 4.78 is 0. The molecule has 1 heterocycles. The maximum absolute atomic E-state index is 11.6. The van der Waals surface area contributed by atoms with Gasteiger partial charge in [0.1, 0.15) is 0 Å². The second-order valence-corrected chi connectivity index (χ2v) is 4.59. The first-order valence-electron chi connectivity index (χ1n) is 5.25. The number of rotatable bonds is 2. The summed E-state index contributed by atoms with van der Waals surface area (Å²) in [5.41, 5.74) is 3.22. The Labute approximate surface area is 108 Å². The number of thioether (sulfide) groups is 1. The Morgan fingerprint density at radius 3 is 2.78 bits per heavy atom. The van der Waals surface area contributed by atoms with Crippen molar-refractivity contribution in [1.29, 1.82) is 0 Å². The van der Waals surface area contributed by atoms with Gasteiger partial charge in [0.2, 0.25) is 5.91 Å². The topological polar surface area (TPSA) is 70.6 Å². The smallest absolute Gasteiger partial charge is 0.264 e. The summed E-state index contributed by atoms with van der Waals surface area (Å²) >= 11 is 1.19. The van der Waals surface area contributed by atoms with Crippen LogP contribution in [0.4, 0.5) is 0 Å². The van der Waals surface area contributed by atoms with Gasteiger partial charge in [0, 0.05) is 6.92 Å². The van der Waals surface area contributed by atoms with E-state index in [1.807, 2.05) is 30.3 Å². The van der Waals surface area contributed by atoms with Crippen molar-refractivity contribution in [1.82, 2.24) is 10.7 Å². The predicted molar refractivity (Wildman–Crippen MR) is 71.4 cm³/mol. The van der Waals surface area contributed by atoms with E-state index in [2.05, 4.69) is 15.8 Å². The molecule has 0 atom stereocenters. The highest BCUT2D eigenvalue weighted by molar-refractivity contribution is 8.18. The van der Waals surface area contributed by atoms with Crippen LogP contribution in [0.1, 0.15) is 12.5 Å². The van der Waals surface area contributed by atoms with E-state index in [1.54, 1.807) is 6.08 Å². The lowest BCUT2D eigenvalue weighted by Gasteiger charge is -1.94. The van der Waals surface area contributed by atoms with E-state index in [4.69, 9.17) is 0 Å². The van der Waals surface area contributed by atoms with Crippen molar-refractivity contribution in [2.75, 3.05) is 0 Å². The summed E-state index contributed by atoms with van der Waals surface area (Å²) in [6.45, 7) is 1.35. The van der Waals surface area contributed by atoms with Crippen molar-refractivity contribution in [3.63, 3.8) is 0 Å². The first kappa shape index (κ1) is 12.4. The van der Waals surface area contributed by atoms with Gasteiger partial charge in [0.25, 0.3) is 5.91 Å². The Kier molecular flexibility index (Phi) is 3.78. The second-order valence-electron chi connectivity index (χ2n) is 3.56. The maximum atomic E-state index is 11.6. The molecule has 0 saturated carbocycles. The molecule has 2 rings (SSSR count). The molecular formula is C12H11N3O2S. The molecule has 1 saturated heterocycles. The van der Waals surface area contributed by atoms with Crippen LogP contribution in [0, 0.1) is 0 Å². The Morgan fingerprint density at radius 2 is 2.11 bits per heavy atom. The Balaban J connectivity index is 2.13. The highest BCUT2D eigenvalue weighted by Gasteiger charge is 2.23. The lowest BCUT2D eigenvalue weighted by atomic mass is 10.2. The third-order valence-electron chi connectivity index (χ3n) is 2.06. The fourth-order valence-corrected chi connectivity index (χ4v) is 2.09. The van der Waals surface area contributed by atoms with Crippen LogP contribution in [-0.2, 0) is 9.59 Å². The third-order valence-corrected chi connectivity index (χ3v) is 2.97. The number of amidine groups is 1. The fraction of sp³-hybridized carbons (Fsp3) is 0.0833. The lowest BCUT2D eigenvalue weighted by molar-refractivity contribution is -0.119. The molecule has 92 valence electrons. The zero-order valence-corrected chi connectivity index (χ0v) is 10.5. The number of amides is 2. The molecule has 1 aromatic carbocycles. The summed E-state index contributed by atoms with van der Waals surface area (Å²) in [5, 5.41) is 6.72. The van der Waals surface area contributed by atoms with Crippen LogP contribution < -0.4 is 10.7 Å². The van der Waals surface area contributed by atoms with Crippen LogP contribution in [0.3, 0.4) is 0 Å². The molecule has 1 aliphatic heterocycles. The average Bonchev–Trinajstić information content (AvgIpc) is 2.69. The van der Waals surface area contributed by atoms with E-state index in [1.165, 1.54) is 18.7 Å². The first-order valence-corrected chi connectivity index (χ1v) is 6.07. The molecular weight excluding hydrogens is 250 g/mol. The van der Waals surface area contributed by atoms with Crippen LogP contribution in [0.5, 0.6) is 0 Å². The number of hydrazone groups is 1. The van der Waals surface area contributed by atoms with E-state index in [9.17, 15) is 9.59 Å². The quantitative estimate of drug-likeness (QED) is 0.622. The minimum absolute atomic E-state index is 0.215. The van der Waals surface area contributed by atoms with Crippen LogP contribution in [-0.4, -0.2) is 17.0 Å². The van der Waals surface area contributed by atoms with Crippen molar-refractivity contribution in [3.05, 3.63) is 40.8 Å². The molecule has 0 radical (unpaired) electrons. The van der Waals surface area contributed by atoms with Gasteiger partial charge in [-0.2, -0.15) is 0 Å². The zero-order valence-electron chi connectivity index (χ0n) is 9.64. The van der Waals surface area contributed by atoms with Crippen LogP contribution in [0.15, 0.2) is 40.3 Å². The molecule has 5 nitrogen and oxygen atoms in total. The molecule has 2 N–H and O–H groups in total. The monoisotopic (exact) mass is 261 g/mol. The van der Waals surface area contributed by atoms with Crippen molar-refractivity contribution in [2.24, 2.45) is 5.10 Å². The average molecular weight is 261 g/mol. The molecule has 2 amide bonds. The normalized spacial score (nSPS) is 19.1. The molecule has 0 unspecified atom stereocenters. The Bertz CT molecular complexity index is 538. The van der Waals surface area contributed by atoms with Gasteiger partial charge in [-0.15, -0.1) is 5.10 Å². The van der Waals surface area contributed by atoms with E-state index < -0.39 is 0 Å². The third kappa shape index (κ3) is 3.21. The van der Waals surface area contributed by atoms with Crippen LogP contribution >= 0.6 is 11.8 Å². The molecule has 1 aliphatic rings. The summed E-state index contributed by atoms with van der Waals surface area (Å²) in [5.74, 6) is -0.495. The van der Waals surface area contributed by atoms with Crippen molar-refractivity contribution in [2.45, 2.75) is 6.92 Å². The van der Waals surface area contributed by atoms with E-state index in [-0.39, 0.29) is 11.8 Å². The van der Waals surface area contributed by atoms with E-state index >= 15 is 0 Å². The van der Waals surface area contributed by atoms with Gasteiger partial charge in [0.05, 0.1) is 4.91 Å². The fourth-order valence-electron chi connectivity index (χ4n) is 1.31. The summed E-state index contributed by atoms with van der Waals surface area (Å²) in [6, 6.07) is 9.52. The Hall–Kier alpha value is -2.08. The zero-order chi connectivity index (χ0) is 13.0. The number of carbonyl (C=O) groups excluding carboxylic acids is 2. The largest absolute Gasteiger partial charge is 0.299 e. The van der Waals surface area contributed by atoms with Crippen molar-refractivity contribution < 1.29 is 9.59 Å². The van der Waals surface area contributed by atoms with Gasteiger partial charge in [-0.05, 0) is 23.4 Å². The van der Waals surface area contributed by atoms with Gasteiger partial charge in [0.15, 0.2) is 5.17 Å². The van der Waals surface area contributed by atoms with Gasteiger partial charge >= 0.3 is 0 Å². The van der Waals surface area contributed by atoms with E-state index in [0.717, 1.165) is 5.56 Å². The standard InChI is InChI=1S/C12H11N3O2S/c1-8(16)14-15-12-13-11(17)10(18-12)7-9-5-3-2-4-6-9/h2-7H,1H3,(H,14,16)(H,13,15,17). The molecule has 0 bridgehead atoms. The second kappa shape index (κ2) is 5.50. The molecule has 6 heteroatoms. The molecule has 0 aromatic heterocycles. The van der Waals surface area contributed by atoms with Gasteiger partial charge in [-0.3, -0.25) is 14.9 Å². The number of benzene rings is 1. The number of hydrogen-bond donors (Lipinski definition) is 2. The number of carbonyl (C=O) groups is 2. The summed E-state index contributed by atoms with van der Waals surface area (Å²) in [7, 11) is 0. The van der Waals surface area contributed by atoms with Gasteiger partial charge in [-0.25, -0.2) is 5.43 Å². The van der Waals surface area contributed by atoms with E-state index in [0.29, 0.717) is 10.1 Å². The maximum Gasteiger partial charge on any atom is 0.264 e. The number of nitrogens with one attached hydrogen (secondary N) is 2. The van der Waals surface area contributed by atoms with Crippen molar-refractivity contribution in [3.8, 4) is 0 Å². The minimum atomic E-state index is -0.280. The SMILES string of the molecule is CC(=O)N/N=C1\NC(=O)C(=Cc2ccccc2)S1. The summed E-state index contributed by atoms with van der Waals surface area (Å²) in [6.07, 6.45) is 1.77. The molecule has 0 aliphatic carbocycles. The van der Waals surface area contributed by atoms with Gasteiger partial charge < -0.3 is 0 Å². The number of nitrogens with zero attached hydrogens (tertiary/aromatic N) is 1. The summed E-state index contributed by atoms with van der Waals surface area (Å²) in [4.78, 5) is 22.9. The number of hydrogen-bond acceptors (Lipinski definition) is 4.